The molecule has 0 fully saturated rings. The second kappa shape index (κ2) is 7.75. The second-order valence-corrected chi connectivity index (χ2v) is 8.25. The fourth-order valence-electron chi connectivity index (χ4n) is 1.83. The van der Waals surface area contributed by atoms with Crippen LogP contribution in [0.5, 0.6) is 0 Å². The van der Waals surface area contributed by atoms with E-state index in [-0.39, 0.29) is 5.91 Å². The Labute approximate surface area is 158 Å². The summed E-state index contributed by atoms with van der Waals surface area (Å²) in [6, 6.07) is 14.5. The van der Waals surface area contributed by atoms with Crippen LogP contribution in [0.2, 0.25) is 0 Å². The largest absolute Gasteiger partial charge is 0.362 e. The minimum Gasteiger partial charge on any atom is -0.362 e. The lowest BCUT2D eigenvalue weighted by Gasteiger charge is -2.27. The van der Waals surface area contributed by atoms with Gasteiger partial charge in [0.25, 0.3) is 5.91 Å². The average molecular weight is 437 g/mol. The molecule has 7 heteroatoms. The lowest BCUT2D eigenvalue weighted by molar-refractivity contribution is 0.0942. The van der Waals surface area contributed by atoms with Gasteiger partial charge in [0.1, 0.15) is 6.17 Å². The van der Waals surface area contributed by atoms with Crippen LogP contribution in [0.15, 0.2) is 53.0 Å². The first-order valence-corrected chi connectivity index (χ1v) is 8.65. The van der Waals surface area contributed by atoms with Crippen LogP contribution >= 0.6 is 50.7 Å². The van der Waals surface area contributed by atoms with Gasteiger partial charge in [-0.1, -0.05) is 68.4 Å². The molecule has 2 aromatic rings. The molecule has 23 heavy (non-hydrogen) atoms. The molecule has 2 rings (SSSR count). The maximum absolute atomic E-state index is 12.3. The number of benzene rings is 2. The first-order chi connectivity index (χ1) is 10.8. The van der Waals surface area contributed by atoms with E-state index in [2.05, 4.69) is 26.6 Å². The van der Waals surface area contributed by atoms with Gasteiger partial charge >= 0.3 is 0 Å². The first kappa shape index (κ1) is 18.4. The van der Waals surface area contributed by atoms with Crippen molar-refractivity contribution in [1.82, 2.24) is 5.32 Å². The highest BCUT2D eigenvalue weighted by Gasteiger charge is 2.34. The number of hydrogen-bond acceptors (Lipinski definition) is 2. The lowest BCUT2D eigenvalue weighted by atomic mass is 10.1. The number of carbonyl (C=O) groups is 1. The standard InChI is InChI=1S/C16H14BrCl3N2O/c1-10-2-4-11(5-3-10)14(23)22-15(16(18,19)20)21-13-8-6-12(17)7-9-13/h2-9,15,21H,1H3,(H,22,23)/t15-/m1/s1. The van der Waals surface area contributed by atoms with Gasteiger partial charge in [-0.25, -0.2) is 0 Å². The number of alkyl halides is 3. The Morgan fingerprint density at radius 1 is 1.04 bits per heavy atom. The molecule has 122 valence electrons. The Bertz CT molecular complexity index is 669. The van der Waals surface area contributed by atoms with Crippen molar-refractivity contribution in [2.24, 2.45) is 0 Å². The van der Waals surface area contributed by atoms with E-state index in [9.17, 15) is 4.79 Å². The fraction of sp³-hybridized carbons (Fsp3) is 0.188. The summed E-state index contributed by atoms with van der Waals surface area (Å²) in [4.78, 5) is 12.3. The summed E-state index contributed by atoms with van der Waals surface area (Å²) < 4.78 is -0.787. The highest BCUT2D eigenvalue weighted by atomic mass is 79.9. The Balaban J connectivity index is 2.14. The predicted molar refractivity (Wildman–Crippen MR) is 100 cm³/mol. The molecule has 0 radical (unpaired) electrons. The van der Waals surface area contributed by atoms with Crippen molar-refractivity contribution in [1.29, 1.82) is 0 Å². The summed E-state index contributed by atoms with van der Waals surface area (Å²) in [7, 11) is 0. The van der Waals surface area contributed by atoms with Crippen LogP contribution in [0.25, 0.3) is 0 Å². The monoisotopic (exact) mass is 434 g/mol. The zero-order valence-corrected chi connectivity index (χ0v) is 16.0. The van der Waals surface area contributed by atoms with E-state index in [1.165, 1.54) is 0 Å². The fourth-order valence-corrected chi connectivity index (χ4v) is 2.42. The van der Waals surface area contributed by atoms with Crippen LogP contribution in [-0.4, -0.2) is 15.9 Å². The van der Waals surface area contributed by atoms with E-state index in [4.69, 9.17) is 34.8 Å². The van der Waals surface area contributed by atoms with Crippen molar-refractivity contribution in [2.45, 2.75) is 16.9 Å². The maximum Gasteiger partial charge on any atom is 0.252 e. The maximum atomic E-state index is 12.3. The molecule has 0 aliphatic carbocycles. The molecule has 0 unspecified atom stereocenters. The third-order valence-electron chi connectivity index (χ3n) is 3.07. The zero-order chi connectivity index (χ0) is 17.0. The molecule has 2 aromatic carbocycles. The average Bonchev–Trinajstić information content (AvgIpc) is 2.48. The molecule has 0 aliphatic rings. The van der Waals surface area contributed by atoms with Crippen LogP contribution in [-0.2, 0) is 0 Å². The Morgan fingerprint density at radius 2 is 1.61 bits per heavy atom. The van der Waals surface area contributed by atoms with Gasteiger partial charge in [-0.05, 0) is 43.3 Å². The summed E-state index contributed by atoms with van der Waals surface area (Å²) in [5, 5.41) is 5.71. The first-order valence-electron chi connectivity index (χ1n) is 6.72. The number of amides is 1. The molecule has 0 saturated carbocycles. The van der Waals surface area contributed by atoms with E-state index < -0.39 is 9.96 Å². The van der Waals surface area contributed by atoms with Crippen molar-refractivity contribution in [3.8, 4) is 0 Å². The lowest BCUT2D eigenvalue weighted by Crippen LogP contribution is -2.49. The van der Waals surface area contributed by atoms with E-state index in [1.807, 2.05) is 43.3 Å². The van der Waals surface area contributed by atoms with Gasteiger partial charge in [-0.15, -0.1) is 0 Å². The number of rotatable bonds is 4. The predicted octanol–water partition coefficient (Wildman–Crippen LogP) is 5.30. The molecule has 0 saturated heterocycles. The molecule has 0 bridgehead atoms. The van der Waals surface area contributed by atoms with Crippen LogP contribution in [0, 0.1) is 6.92 Å². The van der Waals surface area contributed by atoms with Crippen LogP contribution < -0.4 is 10.6 Å². The van der Waals surface area contributed by atoms with Gasteiger partial charge in [0.15, 0.2) is 0 Å². The molecule has 3 nitrogen and oxygen atoms in total. The highest BCUT2D eigenvalue weighted by molar-refractivity contribution is 9.10. The third kappa shape index (κ3) is 5.57. The van der Waals surface area contributed by atoms with Gasteiger partial charge in [-0.3, -0.25) is 4.79 Å². The molecule has 0 aliphatic heterocycles. The van der Waals surface area contributed by atoms with Gasteiger partial charge in [0.05, 0.1) is 0 Å². The van der Waals surface area contributed by atoms with Gasteiger partial charge < -0.3 is 10.6 Å². The van der Waals surface area contributed by atoms with Crippen molar-refractivity contribution in [3.63, 3.8) is 0 Å². The van der Waals surface area contributed by atoms with Crippen LogP contribution in [0.3, 0.4) is 0 Å². The number of carbonyl (C=O) groups excluding carboxylic acids is 1. The van der Waals surface area contributed by atoms with Crippen molar-refractivity contribution in [2.75, 3.05) is 5.32 Å². The highest BCUT2D eigenvalue weighted by Crippen LogP contribution is 2.31. The summed E-state index contributed by atoms with van der Waals surface area (Å²) >= 11 is 21.3. The Kier molecular flexibility index (Phi) is 6.20. The SMILES string of the molecule is Cc1ccc(C(=O)N[C@@H](Nc2ccc(Br)cc2)C(Cl)(Cl)Cl)cc1. The minimum atomic E-state index is -1.71. The molecular weight excluding hydrogens is 422 g/mol. The topological polar surface area (TPSA) is 41.1 Å². The molecule has 0 aromatic heterocycles. The van der Waals surface area contributed by atoms with Crippen molar-refractivity contribution < 1.29 is 4.79 Å². The van der Waals surface area contributed by atoms with Gasteiger partial charge in [-0.2, -0.15) is 0 Å². The minimum absolute atomic E-state index is 0.328. The van der Waals surface area contributed by atoms with Crippen LogP contribution in [0.4, 0.5) is 5.69 Å². The van der Waals surface area contributed by atoms with Crippen molar-refractivity contribution in [3.05, 3.63) is 64.1 Å². The summed E-state index contributed by atoms with van der Waals surface area (Å²) in [6.45, 7) is 1.95. The number of aryl methyl sites for hydroxylation is 1. The second-order valence-electron chi connectivity index (χ2n) is 4.97. The van der Waals surface area contributed by atoms with Gasteiger partial charge in [0, 0.05) is 15.7 Å². The number of hydrogen-bond donors (Lipinski definition) is 2. The van der Waals surface area contributed by atoms with E-state index in [1.54, 1.807) is 12.1 Å². The smallest absolute Gasteiger partial charge is 0.252 e. The summed E-state index contributed by atoms with van der Waals surface area (Å²) in [5.74, 6) is -0.328. The molecule has 0 spiro atoms. The van der Waals surface area contributed by atoms with Crippen LogP contribution in [0.1, 0.15) is 15.9 Å². The number of anilines is 1. The summed E-state index contributed by atoms with van der Waals surface area (Å²) in [5.41, 5.74) is 2.27. The Hall–Kier alpha value is -0.940. The summed E-state index contributed by atoms with van der Waals surface area (Å²) in [6.07, 6.45) is -0.887. The number of halogens is 4. The molecular formula is C16H14BrCl3N2O. The Morgan fingerprint density at radius 3 is 2.13 bits per heavy atom. The van der Waals surface area contributed by atoms with E-state index in [0.29, 0.717) is 11.3 Å². The molecule has 2 N–H and O–H groups in total. The quantitative estimate of drug-likeness (QED) is 0.505. The number of nitrogens with one attached hydrogen (secondary N) is 2. The van der Waals surface area contributed by atoms with Gasteiger partial charge in [0.2, 0.25) is 3.79 Å². The third-order valence-corrected chi connectivity index (χ3v) is 4.26. The molecule has 1 amide bonds. The van der Waals surface area contributed by atoms with Crippen molar-refractivity contribution >= 4 is 62.3 Å². The molecule has 0 heterocycles. The normalized spacial score (nSPS) is 12.6. The van der Waals surface area contributed by atoms with E-state index in [0.717, 1.165) is 10.0 Å². The zero-order valence-electron chi connectivity index (χ0n) is 12.1. The molecule has 1 atom stereocenters. The van der Waals surface area contributed by atoms with E-state index >= 15 is 0 Å².